The topological polar surface area (TPSA) is 79.0 Å². The number of aromatic nitrogens is 4. The van der Waals surface area contributed by atoms with Gasteiger partial charge >= 0.3 is 0 Å². The molecule has 6 rings (SSSR count). The van der Waals surface area contributed by atoms with Gasteiger partial charge in [0, 0.05) is 48.5 Å². The molecule has 0 atom stereocenters. The summed E-state index contributed by atoms with van der Waals surface area (Å²) in [4.78, 5) is 19.4. The van der Waals surface area contributed by atoms with E-state index in [-0.39, 0.29) is 0 Å². The number of fused-ring (bicyclic) bond motifs is 3. The zero-order chi connectivity index (χ0) is 21.3. The SMILES string of the molecule is c1cc(-c2ccc3c(c2)[nH]c2ncnc(NC4CCC(N5CCOCC5)CC4)c23)ccn1. The molecule has 2 aliphatic rings. The van der Waals surface area contributed by atoms with E-state index in [0.29, 0.717) is 12.1 Å². The van der Waals surface area contributed by atoms with Gasteiger partial charge in [0.15, 0.2) is 0 Å². The molecule has 0 radical (unpaired) electrons. The van der Waals surface area contributed by atoms with Crippen molar-refractivity contribution < 1.29 is 4.74 Å². The molecule has 0 amide bonds. The van der Waals surface area contributed by atoms with Crippen LogP contribution in [-0.2, 0) is 4.74 Å². The molecule has 4 heterocycles. The molecule has 2 N–H and O–H groups in total. The van der Waals surface area contributed by atoms with Gasteiger partial charge in [-0.15, -0.1) is 0 Å². The Hall–Kier alpha value is -3.03. The molecule has 2 fully saturated rings. The van der Waals surface area contributed by atoms with Crippen molar-refractivity contribution in [3.05, 3.63) is 49.1 Å². The molecule has 1 aliphatic carbocycles. The van der Waals surface area contributed by atoms with Crippen molar-refractivity contribution in [3.63, 3.8) is 0 Å². The van der Waals surface area contributed by atoms with Gasteiger partial charge in [-0.05, 0) is 55.0 Å². The fourth-order valence-corrected chi connectivity index (χ4v) is 5.28. The second-order valence-electron chi connectivity index (χ2n) is 8.87. The van der Waals surface area contributed by atoms with Crippen molar-refractivity contribution in [2.24, 2.45) is 0 Å². The summed E-state index contributed by atoms with van der Waals surface area (Å²) in [5.74, 6) is 0.938. The Morgan fingerprint density at radius 1 is 0.938 bits per heavy atom. The molecule has 0 unspecified atom stereocenters. The zero-order valence-electron chi connectivity index (χ0n) is 18.1. The van der Waals surface area contributed by atoms with Crippen LogP contribution in [0.25, 0.3) is 33.1 Å². The standard InChI is InChI=1S/C25H28N6O/c1-6-21-22(15-18(1)17-7-9-26-10-8-17)30-25-23(21)24(27-16-28-25)29-19-2-4-20(5-3-19)31-11-13-32-14-12-31/h1,6-10,15-16,19-20H,2-5,11-14H2,(H2,27,28,29,30). The third-order valence-corrected chi connectivity index (χ3v) is 7.00. The summed E-state index contributed by atoms with van der Waals surface area (Å²) < 4.78 is 5.52. The van der Waals surface area contributed by atoms with Crippen LogP contribution in [0.2, 0.25) is 0 Å². The maximum atomic E-state index is 5.52. The average molecular weight is 429 g/mol. The van der Waals surface area contributed by atoms with Gasteiger partial charge in [-0.25, -0.2) is 9.97 Å². The van der Waals surface area contributed by atoms with Crippen molar-refractivity contribution in [2.75, 3.05) is 31.6 Å². The molecular formula is C25H28N6O. The van der Waals surface area contributed by atoms with Crippen molar-refractivity contribution in [3.8, 4) is 11.1 Å². The number of pyridine rings is 1. The number of hydrogen-bond donors (Lipinski definition) is 2. The molecule has 7 nitrogen and oxygen atoms in total. The highest BCUT2D eigenvalue weighted by Gasteiger charge is 2.27. The second kappa shape index (κ2) is 8.48. The molecule has 0 spiro atoms. The zero-order valence-corrected chi connectivity index (χ0v) is 18.1. The van der Waals surface area contributed by atoms with Crippen LogP contribution in [0.4, 0.5) is 5.82 Å². The number of anilines is 1. The summed E-state index contributed by atoms with van der Waals surface area (Å²) >= 11 is 0. The van der Waals surface area contributed by atoms with Gasteiger partial charge in [0.05, 0.1) is 18.6 Å². The highest BCUT2D eigenvalue weighted by Crippen LogP contribution is 2.33. The smallest absolute Gasteiger partial charge is 0.143 e. The van der Waals surface area contributed by atoms with E-state index in [2.05, 4.69) is 48.4 Å². The van der Waals surface area contributed by atoms with E-state index in [1.165, 1.54) is 25.7 Å². The maximum absolute atomic E-state index is 5.52. The number of hydrogen-bond acceptors (Lipinski definition) is 6. The lowest BCUT2D eigenvalue weighted by Gasteiger charge is -2.39. The number of ether oxygens (including phenoxy) is 1. The minimum Gasteiger partial charge on any atom is -0.379 e. The normalized spacial score (nSPS) is 22.4. The first kappa shape index (κ1) is 19.6. The van der Waals surface area contributed by atoms with Crippen molar-refractivity contribution in [1.82, 2.24) is 24.8 Å². The summed E-state index contributed by atoms with van der Waals surface area (Å²) in [5.41, 5.74) is 4.28. The molecule has 0 bridgehead atoms. The molecule has 3 aromatic heterocycles. The minimum absolute atomic E-state index is 0.450. The molecule has 164 valence electrons. The molecule has 32 heavy (non-hydrogen) atoms. The minimum atomic E-state index is 0.450. The van der Waals surface area contributed by atoms with Crippen LogP contribution < -0.4 is 5.32 Å². The number of H-pyrrole nitrogens is 1. The predicted octanol–water partition coefficient (Wildman–Crippen LogP) is 4.23. The molecule has 4 aromatic rings. The lowest BCUT2D eigenvalue weighted by molar-refractivity contribution is 0.00791. The third-order valence-electron chi connectivity index (χ3n) is 7.00. The van der Waals surface area contributed by atoms with E-state index in [1.54, 1.807) is 6.33 Å². The van der Waals surface area contributed by atoms with Gasteiger partial charge in [-0.3, -0.25) is 9.88 Å². The lowest BCUT2D eigenvalue weighted by Crippen LogP contribution is -2.46. The highest BCUT2D eigenvalue weighted by molar-refractivity contribution is 6.11. The number of nitrogens with zero attached hydrogens (tertiary/aromatic N) is 4. The Labute approximate surface area is 187 Å². The van der Waals surface area contributed by atoms with Crippen molar-refractivity contribution in [1.29, 1.82) is 0 Å². The number of nitrogens with one attached hydrogen (secondary N) is 2. The van der Waals surface area contributed by atoms with E-state index in [1.807, 2.05) is 24.5 Å². The molecule has 1 saturated carbocycles. The van der Waals surface area contributed by atoms with Crippen molar-refractivity contribution in [2.45, 2.75) is 37.8 Å². The molecule has 1 saturated heterocycles. The van der Waals surface area contributed by atoms with Gasteiger partial charge in [-0.2, -0.15) is 0 Å². The highest BCUT2D eigenvalue weighted by atomic mass is 16.5. The Bertz CT molecular complexity index is 1210. The van der Waals surface area contributed by atoms with E-state index in [4.69, 9.17) is 4.74 Å². The van der Waals surface area contributed by atoms with Gasteiger partial charge in [0.1, 0.15) is 17.8 Å². The van der Waals surface area contributed by atoms with Gasteiger partial charge in [-0.1, -0.05) is 12.1 Å². The van der Waals surface area contributed by atoms with Gasteiger partial charge < -0.3 is 15.0 Å². The quantitative estimate of drug-likeness (QED) is 0.506. The summed E-state index contributed by atoms with van der Waals surface area (Å²) in [5, 5.41) is 5.99. The van der Waals surface area contributed by atoms with Crippen LogP contribution in [0.1, 0.15) is 25.7 Å². The first-order valence-electron chi connectivity index (χ1n) is 11.6. The summed E-state index contributed by atoms with van der Waals surface area (Å²) in [7, 11) is 0. The fraction of sp³-hybridized carbons (Fsp3) is 0.400. The van der Waals surface area contributed by atoms with Crippen LogP contribution in [-0.4, -0.2) is 63.2 Å². The van der Waals surface area contributed by atoms with E-state index < -0.39 is 0 Å². The number of benzene rings is 1. The van der Waals surface area contributed by atoms with Crippen LogP contribution in [0.3, 0.4) is 0 Å². The fourth-order valence-electron chi connectivity index (χ4n) is 5.28. The Morgan fingerprint density at radius 3 is 2.56 bits per heavy atom. The molecule has 1 aromatic carbocycles. The first-order chi connectivity index (χ1) is 15.8. The van der Waals surface area contributed by atoms with E-state index in [0.717, 1.165) is 65.2 Å². The maximum Gasteiger partial charge on any atom is 0.143 e. The Kier molecular flexibility index (Phi) is 5.21. The molecule has 1 aliphatic heterocycles. The van der Waals surface area contributed by atoms with Crippen LogP contribution in [0.15, 0.2) is 49.1 Å². The van der Waals surface area contributed by atoms with E-state index >= 15 is 0 Å². The van der Waals surface area contributed by atoms with Crippen LogP contribution in [0.5, 0.6) is 0 Å². The van der Waals surface area contributed by atoms with Crippen molar-refractivity contribution >= 4 is 27.8 Å². The average Bonchev–Trinajstić information content (AvgIpc) is 3.24. The van der Waals surface area contributed by atoms with Gasteiger partial charge in [0.25, 0.3) is 0 Å². The Balaban J connectivity index is 1.24. The number of aromatic amines is 1. The second-order valence-corrected chi connectivity index (χ2v) is 8.87. The number of morpholine rings is 1. The predicted molar refractivity (Wildman–Crippen MR) is 127 cm³/mol. The first-order valence-corrected chi connectivity index (χ1v) is 11.6. The lowest BCUT2D eigenvalue weighted by atomic mass is 9.90. The third kappa shape index (κ3) is 3.72. The molecular weight excluding hydrogens is 400 g/mol. The van der Waals surface area contributed by atoms with Crippen LogP contribution in [0, 0.1) is 0 Å². The number of rotatable bonds is 4. The summed E-state index contributed by atoms with van der Waals surface area (Å²) in [6.07, 6.45) is 10.1. The van der Waals surface area contributed by atoms with Crippen LogP contribution >= 0.6 is 0 Å². The summed E-state index contributed by atoms with van der Waals surface area (Å²) in [6.45, 7) is 3.90. The monoisotopic (exact) mass is 428 g/mol. The molecule has 7 heteroatoms. The Morgan fingerprint density at radius 2 is 1.75 bits per heavy atom. The van der Waals surface area contributed by atoms with E-state index in [9.17, 15) is 0 Å². The summed E-state index contributed by atoms with van der Waals surface area (Å²) in [6, 6.07) is 11.7. The van der Waals surface area contributed by atoms with Gasteiger partial charge in [0.2, 0.25) is 0 Å². The largest absolute Gasteiger partial charge is 0.379 e.